The first-order valence-corrected chi connectivity index (χ1v) is 8.83. The van der Waals surface area contributed by atoms with Crippen molar-refractivity contribution in [1.82, 2.24) is 0 Å². The normalized spacial score (nSPS) is 11.4. The summed E-state index contributed by atoms with van der Waals surface area (Å²) in [7, 11) is 2.05. The summed E-state index contributed by atoms with van der Waals surface area (Å²) in [5.74, 6) is 0.303. The number of aromatic nitrogens is 1. The Morgan fingerprint density at radius 1 is 1.04 bits per heavy atom. The van der Waals surface area contributed by atoms with Gasteiger partial charge in [0, 0.05) is 22.9 Å². The Labute approximate surface area is 153 Å². The van der Waals surface area contributed by atoms with E-state index in [0.29, 0.717) is 11.6 Å². The molecule has 0 aliphatic rings. The van der Waals surface area contributed by atoms with Gasteiger partial charge in [-0.05, 0) is 48.2 Å². The summed E-state index contributed by atoms with van der Waals surface area (Å²) in [6.07, 6.45) is 2.05. The molecule has 0 saturated heterocycles. The fourth-order valence-corrected chi connectivity index (χ4v) is 3.62. The Hall–Kier alpha value is -3.12. The van der Waals surface area contributed by atoms with Gasteiger partial charge in [0.2, 0.25) is 5.69 Å². The van der Waals surface area contributed by atoms with Gasteiger partial charge in [-0.2, -0.15) is 0 Å². The molecule has 128 valence electrons. The minimum absolute atomic E-state index is 0.303. The Balaban J connectivity index is 2.03. The third-order valence-corrected chi connectivity index (χ3v) is 5.04. The summed E-state index contributed by atoms with van der Waals surface area (Å²) in [6, 6.07) is 14.5. The first kappa shape index (κ1) is 16.4. The maximum Gasteiger partial charge on any atom is 0.212 e. The Bertz CT molecular complexity index is 1190. The molecule has 0 spiro atoms. The van der Waals surface area contributed by atoms with Crippen molar-refractivity contribution in [3.05, 3.63) is 71.2 Å². The van der Waals surface area contributed by atoms with Gasteiger partial charge in [0.15, 0.2) is 11.9 Å². The second-order valence-corrected chi connectivity index (χ2v) is 7.14. The summed E-state index contributed by atoms with van der Waals surface area (Å²) in [4.78, 5) is 3.69. The maximum atomic E-state index is 7.47. The van der Waals surface area contributed by atoms with E-state index in [1.165, 1.54) is 5.56 Å². The second-order valence-electron chi connectivity index (χ2n) is 7.14. The van der Waals surface area contributed by atoms with Gasteiger partial charge in [-0.1, -0.05) is 19.9 Å². The molecule has 2 aromatic carbocycles. The molecule has 0 radical (unpaired) electrons. The van der Waals surface area contributed by atoms with Crippen molar-refractivity contribution >= 4 is 27.6 Å². The van der Waals surface area contributed by atoms with Crippen molar-refractivity contribution < 1.29 is 8.98 Å². The number of hydrogen-bond donors (Lipinski definition) is 0. The van der Waals surface area contributed by atoms with E-state index in [9.17, 15) is 0 Å². The highest BCUT2D eigenvalue weighted by Gasteiger charge is 2.18. The first-order valence-electron chi connectivity index (χ1n) is 8.83. The third kappa shape index (κ3) is 2.46. The summed E-state index contributed by atoms with van der Waals surface area (Å²) in [5.41, 5.74) is 6.92. The van der Waals surface area contributed by atoms with Gasteiger partial charge >= 0.3 is 0 Å². The van der Waals surface area contributed by atoms with Crippen molar-refractivity contribution in [3.63, 3.8) is 0 Å². The number of furan rings is 1. The lowest BCUT2D eigenvalue weighted by molar-refractivity contribution is -0.660. The van der Waals surface area contributed by atoms with E-state index in [1.54, 1.807) is 0 Å². The predicted octanol–water partition coefficient (Wildman–Crippen LogP) is 6.06. The van der Waals surface area contributed by atoms with Crippen molar-refractivity contribution in [2.45, 2.75) is 26.7 Å². The van der Waals surface area contributed by atoms with E-state index in [4.69, 9.17) is 11.0 Å². The molecule has 0 unspecified atom stereocenters. The molecular formula is C23H21N2O+. The monoisotopic (exact) mass is 341 g/mol. The van der Waals surface area contributed by atoms with Crippen LogP contribution >= 0.6 is 0 Å². The fourth-order valence-electron chi connectivity index (χ4n) is 3.62. The number of rotatable bonds is 2. The van der Waals surface area contributed by atoms with Crippen LogP contribution in [0, 0.1) is 13.5 Å². The second kappa shape index (κ2) is 6.00. The van der Waals surface area contributed by atoms with Crippen LogP contribution < -0.4 is 4.57 Å². The quantitative estimate of drug-likeness (QED) is 0.321. The molecule has 3 nitrogen and oxygen atoms in total. The van der Waals surface area contributed by atoms with Crippen LogP contribution in [0.5, 0.6) is 0 Å². The summed E-state index contributed by atoms with van der Waals surface area (Å²) >= 11 is 0. The molecule has 0 atom stereocenters. The Kier molecular flexibility index (Phi) is 3.77. The minimum atomic E-state index is 0.303. The smallest absolute Gasteiger partial charge is 0.212 e. The third-order valence-electron chi connectivity index (χ3n) is 5.04. The molecule has 3 heteroatoms. The van der Waals surface area contributed by atoms with Gasteiger partial charge in [0.25, 0.3) is 0 Å². The van der Waals surface area contributed by atoms with Crippen LogP contribution in [0.25, 0.3) is 38.0 Å². The molecule has 0 N–H and O–H groups in total. The molecule has 0 fully saturated rings. The molecule has 26 heavy (non-hydrogen) atoms. The highest BCUT2D eigenvalue weighted by molar-refractivity contribution is 6.07. The largest absolute Gasteiger partial charge is 0.457 e. The van der Waals surface area contributed by atoms with Gasteiger partial charge in [-0.3, -0.25) is 0 Å². The lowest BCUT2D eigenvalue weighted by Gasteiger charge is -2.08. The number of fused-ring (bicyclic) bond motifs is 3. The van der Waals surface area contributed by atoms with Crippen molar-refractivity contribution in [3.8, 4) is 11.3 Å². The summed E-state index contributed by atoms with van der Waals surface area (Å²) in [5, 5.41) is 2.20. The molecule has 2 aromatic heterocycles. The van der Waals surface area contributed by atoms with Crippen LogP contribution in [0.1, 0.15) is 30.9 Å². The lowest BCUT2D eigenvalue weighted by Crippen LogP contribution is -2.30. The van der Waals surface area contributed by atoms with E-state index in [-0.39, 0.29) is 0 Å². The molecule has 2 heterocycles. The minimum Gasteiger partial charge on any atom is -0.457 e. The molecule has 0 aliphatic heterocycles. The van der Waals surface area contributed by atoms with Gasteiger partial charge < -0.3 is 4.42 Å². The maximum absolute atomic E-state index is 7.47. The van der Waals surface area contributed by atoms with Gasteiger partial charge in [0.1, 0.15) is 18.2 Å². The van der Waals surface area contributed by atoms with E-state index in [1.807, 2.05) is 12.1 Å². The van der Waals surface area contributed by atoms with Crippen LogP contribution in [0.15, 0.2) is 53.1 Å². The number of benzene rings is 2. The average molecular weight is 341 g/mol. The topological polar surface area (TPSA) is 21.4 Å². The van der Waals surface area contributed by atoms with Crippen LogP contribution in [0.3, 0.4) is 0 Å². The predicted molar refractivity (Wildman–Crippen MR) is 105 cm³/mol. The Morgan fingerprint density at radius 3 is 2.46 bits per heavy atom. The molecule has 0 saturated carbocycles. The van der Waals surface area contributed by atoms with Gasteiger partial charge in [0.05, 0.1) is 12.1 Å². The van der Waals surface area contributed by atoms with E-state index < -0.39 is 0 Å². The highest BCUT2D eigenvalue weighted by atomic mass is 16.3. The average Bonchev–Trinajstić information content (AvgIpc) is 2.97. The zero-order valence-corrected chi connectivity index (χ0v) is 15.5. The summed E-state index contributed by atoms with van der Waals surface area (Å²) < 4.78 is 8.25. The highest BCUT2D eigenvalue weighted by Crippen LogP contribution is 2.38. The van der Waals surface area contributed by atoms with Crippen LogP contribution in [-0.2, 0) is 7.05 Å². The zero-order chi connectivity index (χ0) is 18.4. The Morgan fingerprint density at radius 2 is 1.77 bits per heavy atom. The number of pyridine rings is 1. The van der Waals surface area contributed by atoms with Crippen LogP contribution in [0.2, 0.25) is 0 Å². The van der Waals surface area contributed by atoms with E-state index in [0.717, 1.165) is 38.8 Å². The fraction of sp³-hybridized carbons (Fsp3) is 0.217. The molecule has 4 aromatic rings. The number of nitrogens with zero attached hydrogens (tertiary/aromatic N) is 2. The molecule has 4 rings (SSSR count). The molecule has 0 bridgehead atoms. The van der Waals surface area contributed by atoms with Crippen molar-refractivity contribution in [2.75, 3.05) is 0 Å². The molecule has 0 amide bonds. The lowest BCUT2D eigenvalue weighted by atomic mass is 9.97. The molecular weight excluding hydrogens is 320 g/mol. The van der Waals surface area contributed by atoms with Crippen molar-refractivity contribution in [1.29, 1.82) is 0 Å². The van der Waals surface area contributed by atoms with Crippen LogP contribution in [-0.4, -0.2) is 0 Å². The first-order chi connectivity index (χ1) is 12.5. The SMILES string of the molecule is [C-]#[N+]c1cc2oc3cc(-c4cccc[n+]4C)c(C)cc3c2cc1C(C)C. The van der Waals surface area contributed by atoms with Gasteiger partial charge in [-0.25, -0.2) is 9.41 Å². The molecule has 0 aliphatic carbocycles. The van der Waals surface area contributed by atoms with Crippen molar-refractivity contribution in [2.24, 2.45) is 7.05 Å². The summed E-state index contributed by atoms with van der Waals surface area (Å²) in [6.45, 7) is 13.9. The number of aryl methyl sites for hydroxylation is 2. The number of hydrogen-bond acceptors (Lipinski definition) is 1. The zero-order valence-electron chi connectivity index (χ0n) is 15.5. The van der Waals surface area contributed by atoms with Gasteiger partial charge in [-0.15, -0.1) is 0 Å². The standard InChI is InChI=1S/C23H21N2O/c1-14(2)16-11-19-18-10-15(3)17(21-8-6-7-9-25(21)5)12-22(18)26-23(19)13-20(16)24-4/h6-14H,1-3,5H3/q+1. The van der Waals surface area contributed by atoms with E-state index in [2.05, 4.69) is 73.8 Å². The van der Waals surface area contributed by atoms with Crippen LogP contribution in [0.4, 0.5) is 5.69 Å². The van der Waals surface area contributed by atoms with E-state index >= 15 is 0 Å².